The van der Waals surface area contributed by atoms with Crippen molar-refractivity contribution < 1.29 is 9.59 Å². The van der Waals surface area contributed by atoms with E-state index in [0.29, 0.717) is 6.04 Å². The summed E-state index contributed by atoms with van der Waals surface area (Å²) in [6, 6.07) is 8.13. The largest absolute Gasteiger partial charge is 0.352 e. The third-order valence-corrected chi connectivity index (χ3v) is 2.97. The number of aryl methyl sites for hydroxylation is 1. The summed E-state index contributed by atoms with van der Waals surface area (Å²) in [5, 5.41) is 5.38. The number of carbonyl (C=O) groups excluding carboxylic acids is 2. The molecule has 1 saturated carbocycles. The van der Waals surface area contributed by atoms with E-state index < -0.39 is 0 Å². The summed E-state index contributed by atoms with van der Waals surface area (Å²) >= 11 is 0. The van der Waals surface area contributed by atoms with Crippen molar-refractivity contribution in [2.24, 2.45) is 0 Å². The second-order valence-corrected chi connectivity index (χ2v) is 4.75. The van der Waals surface area contributed by atoms with Crippen LogP contribution in [0.4, 0.5) is 0 Å². The van der Waals surface area contributed by atoms with Crippen molar-refractivity contribution in [3.05, 3.63) is 41.5 Å². The Hall–Kier alpha value is -2.10. The molecular formula is C15H18N2O2. The van der Waals surface area contributed by atoms with Crippen molar-refractivity contribution in [3.8, 4) is 0 Å². The Morgan fingerprint density at radius 2 is 2.05 bits per heavy atom. The Bertz CT molecular complexity index is 505. The van der Waals surface area contributed by atoms with E-state index in [1.165, 1.54) is 6.08 Å². The van der Waals surface area contributed by atoms with Crippen LogP contribution in [0.15, 0.2) is 30.3 Å². The molecule has 1 aliphatic rings. The minimum Gasteiger partial charge on any atom is -0.352 e. The average Bonchev–Trinajstić information content (AvgIpc) is 3.19. The van der Waals surface area contributed by atoms with Crippen LogP contribution < -0.4 is 10.6 Å². The first-order valence-electron chi connectivity index (χ1n) is 6.46. The van der Waals surface area contributed by atoms with Gasteiger partial charge in [-0.2, -0.15) is 0 Å². The van der Waals surface area contributed by atoms with Gasteiger partial charge in [0.1, 0.15) is 0 Å². The lowest BCUT2D eigenvalue weighted by atomic mass is 10.1. The van der Waals surface area contributed by atoms with Crippen LogP contribution >= 0.6 is 0 Å². The molecule has 1 aromatic carbocycles. The van der Waals surface area contributed by atoms with Crippen LogP contribution in [0.5, 0.6) is 0 Å². The van der Waals surface area contributed by atoms with Gasteiger partial charge in [0.25, 0.3) is 0 Å². The highest BCUT2D eigenvalue weighted by Gasteiger charge is 2.22. The molecule has 1 aliphatic carbocycles. The SMILES string of the molecule is Cc1ccccc1/C=C/C(=O)NCC(=O)NC1CC1. The molecule has 0 atom stereocenters. The number of hydrogen-bond acceptors (Lipinski definition) is 2. The Balaban J connectivity index is 1.77. The number of carbonyl (C=O) groups is 2. The van der Waals surface area contributed by atoms with Gasteiger partial charge in [-0.05, 0) is 37.0 Å². The fraction of sp³-hybridized carbons (Fsp3) is 0.333. The quantitative estimate of drug-likeness (QED) is 0.784. The first-order chi connectivity index (χ1) is 9.15. The van der Waals surface area contributed by atoms with Crippen LogP contribution in [0.25, 0.3) is 6.08 Å². The van der Waals surface area contributed by atoms with E-state index in [2.05, 4.69) is 10.6 Å². The van der Waals surface area contributed by atoms with E-state index in [-0.39, 0.29) is 18.4 Å². The summed E-state index contributed by atoms with van der Waals surface area (Å²) in [5.74, 6) is -0.380. The molecule has 1 aromatic rings. The Labute approximate surface area is 112 Å². The van der Waals surface area contributed by atoms with Gasteiger partial charge in [0.05, 0.1) is 6.54 Å². The average molecular weight is 258 g/mol. The van der Waals surface area contributed by atoms with Crippen LogP contribution in [0.2, 0.25) is 0 Å². The van der Waals surface area contributed by atoms with Gasteiger partial charge in [-0.3, -0.25) is 9.59 Å². The van der Waals surface area contributed by atoms with Gasteiger partial charge >= 0.3 is 0 Å². The molecule has 0 radical (unpaired) electrons. The summed E-state index contributed by atoms with van der Waals surface area (Å²) in [6.45, 7) is 2.02. The van der Waals surface area contributed by atoms with Gasteiger partial charge in [-0.15, -0.1) is 0 Å². The van der Waals surface area contributed by atoms with Crippen LogP contribution in [-0.2, 0) is 9.59 Å². The summed E-state index contributed by atoms with van der Waals surface area (Å²) in [6.07, 6.45) is 5.30. The second-order valence-electron chi connectivity index (χ2n) is 4.75. The van der Waals surface area contributed by atoms with Crippen molar-refractivity contribution in [1.29, 1.82) is 0 Å². The van der Waals surface area contributed by atoms with E-state index in [9.17, 15) is 9.59 Å². The van der Waals surface area contributed by atoms with Crippen molar-refractivity contribution >= 4 is 17.9 Å². The van der Waals surface area contributed by atoms with Crippen molar-refractivity contribution in [2.45, 2.75) is 25.8 Å². The molecular weight excluding hydrogens is 240 g/mol. The Morgan fingerprint density at radius 3 is 2.74 bits per heavy atom. The Kier molecular flexibility index (Phi) is 4.34. The molecule has 0 aromatic heterocycles. The molecule has 0 heterocycles. The number of amides is 2. The highest BCUT2D eigenvalue weighted by Crippen LogP contribution is 2.18. The minimum absolute atomic E-state index is 0.0352. The molecule has 0 aliphatic heterocycles. The molecule has 2 amide bonds. The third kappa shape index (κ3) is 4.58. The first-order valence-corrected chi connectivity index (χ1v) is 6.46. The van der Waals surface area contributed by atoms with Crippen molar-refractivity contribution in [1.82, 2.24) is 10.6 Å². The molecule has 4 heteroatoms. The second kappa shape index (κ2) is 6.18. The molecule has 2 rings (SSSR count). The van der Waals surface area contributed by atoms with E-state index in [1.54, 1.807) is 6.08 Å². The summed E-state index contributed by atoms with van der Waals surface area (Å²) in [5.41, 5.74) is 2.11. The Morgan fingerprint density at radius 1 is 1.32 bits per heavy atom. The van der Waals surface area contributed by atoms with E-state index in [0.717, 1.165) is 24.0 Å². The number of benzene rings is 1. The predicted octanol–water partition coefficient (Wildman–Crippen LogP) is 1.40. The highest BCUT2D eigenvalue weighted by molar-refractivity contribution is 5.94. The van der Waals surface area contributed by atoms with E-state index in [1.807, 2.05) is 31.2 Å². The summed E-state index contributed by atoms with van der Waals surface area (Å²) in [7, 11) is 0. The highest BCUT2D eigenvalue weighted by atomic mass is 16.2. The third-order valence-electron chi connectivity index (χ3n) is 2.97. The number of rotatable bonds is 5. The maximum absolute atomic E-state index is 11.6. The van der Waals surface area contributed by atoms with Crippen molar-refractivity contribution in [2.75, 3.05) is 6.54 Å². The van der Waals surface area contributed by atoms with Gasteiger partial charge in [0.2, 0.25) is 11.8 Å². The van der Waals surface area contributed by atoms with E-state index in [4.69, 9.17) is 0 Å². The minimum atomic E-state index is -0.255. The topological polar surface area (TPSA) is 58.2 Å². The maximum atomic E-state index is 11.6. The lowest BCUT2D eigenvalue weighted by Crippen LogP contribution is -2.37. The lowest BCUT2D eigenvalue weighted by Gasteiger charge is -2.03. The van der Waals surface area contributed by atoms with Crippen LogP contribution in [-0.4, -0.2) is 24.4 Å². The number of hydrogen-bond donors (Lipinski definition) is 2. The van der Waals surface area contributed by atoms with Gasteiger partial charge < -0.3 is 10.6 Å². The van der Waals surface area contributed by atoms with Gasteiger partial charge in [0, 0.05) is 12.1 Å². The molecule has 0 unspecified atom stereocenters. The first kappa shape index (κ1) is 13.3. The molecule has 1 fully saturated rings. The van der Waals surface area contributed by atoms with Gasteiger partial charge in [-0.1, -0.05) is 24.3 Å². The zero-order valence-corrected chi connectivity index (χ0v) is 11.0. The molecule has 0 bridgehead atoms. The van der Waals surface area contributed by atoms with Crippen LogP contribution in [0, 0.1) is 6.92 Å². The van der Waals surface area contributed by atoms with Crippen LogP contribution in [0.1, 0.15) is 24.0 Å². The fourth-order valence-corrected chi connectivity index (χ4v) is 1.67. The zero-order chi connectivity index (χ0) is 13.7. The van der Waals surface area contributed by atoms with Gasteiger partial charge in [0.15, 0.2) is 0 Å². The standard InChI is InChI=1S/C15H18N2O2/c1-11-4-2-3-5-12(11)6-9-14(18)16-10-15(19)17-13-7-8-13/h2-6,9,13H,7-8,10H2,1H3,(H,16,18)(H,17,19)/b9-6+. The molecule has 100 valence electrons. The van der Waals surface area contributed by atoms with Crippen LogP contribution in [0.3, 0.4) is 0 Å². The summed E-state index contributed by atoms with van der Waals surface area (Å²) < 4.78 is 0. The summed E-state index contributed by atoms with van der Waals surface area (Å²) in [4.78, 5) is 22.9. The molecule has 2 N–H and O–H groups in total. The molecule has 0 saturated heterocycles. The zero-order valence-electron chi connectivity index (χ0n) is 11.0. The predicted molar refractivity (Wildman–Crippen MR) is 74.4 cm³/mol. The molecule has 19 heavy (non-hydrogen) atoms. The molecule has 0 spiro atoms. The normalized spacial score (nSPS) is 14.4. The molecule has 4 nitrogen and oxygen atoms in total. The van der Waals surface area contributed by atoms with Crippen molar-refractivity contribution in [3.63, 3.8) is 0 Å². The fourth-order valence-electron chi connectivity index (χ4n) is 1.67. The monoisotopic (exact) mass is 258 g/mol. The number of nitrogens with one attached hydrogen (secondary N) is 2. The van der Waals surface area contributed by atoms with Gasteiger partial charge in [-0.25, -0.2) is 0 Å². The smallest absolute Gasteiger partial charge is 0.244 e. The van der Waals surface area contributed by atoms with E-state index >= 15 is 0 Å². The maximum Gasteiger partial charge on any atom is 0.244 e. The lowest BCUT2D eigenvalue weighted by molar-refractivity contribution is -0.124.